The van der Waals surface area contributed by atoms with Gasteiger partial charge in [0.2, 0.25) is 0 Å². The lowest BCUT2D eigenvalue weighted by molar-refractivity contribution is -0.145. The highest BCUT2D eigenvalue weighted by Gasteiger charge is 2.28. The Morgan fingerprint density at radius 1 is 0.824 bits per heavy atom. The minimum atomic E-state index is -0.987. The van der Waals surface area contributed by atoms with Crippen LogP contribution in [-0.2, 0) is 33.9 Å². The van der Waals surface area contributed by atoms with Crippen molar-refractivity contribution in [1.82, 2.24) is 19.7 Å². The first-order valence-corrected chi connectivity index (χ1v) is 11.6. The summed E-state index contributed by atoms with van der Waals surface area (Å²) in [4.78, 5) is 45.3. The van der Waals surface area contributed by atoms with Crippen molar-refractivity contribution in [2.45, 2.75) is 64.8 Å². The van der Waals surface area contributed by atoms with Gasteiger partial charge in [-0.15, -0.1) is 0 Å². The molecule has 11 nitrogen and oxygen atoms in total. The number of aromatic nitrogens is 1. The van der Waals surface area contributed by atoms with E-state index in [1.807, 2.05) is 12.1 Å². The Hall–Kier alpha value is -2.60. The van der Waals surface area contributed by atoms with Crippen LogP contribution in [0.4, 0.5) is 0 Å². The first-order valence-electron chi connectivity index (χ1n) is 11.6. The van der Waals surface area contributed by atoms with Gasteiger partial charge in [-0.05, 0) is 57.9 Å². The minimum absolute atomic E-state index is 0.278. The largest absolute Gasteiger partial charge is 0.480 e. The Bertz CT molecular complexity index is 814. The molecule has 2 rings (SSSR count). The second-order valence-electron chi connectivity index (χ2n) is 8.87. The van der Waals surface area contributed by atoms with Gasteiger partial charge in [0.1, 0.15) is 18.1 Å². The van der Waals surface area contributed by atoms with E-state index in [2.05, 4.69) is 0 Å². The van der Waals surface area contributed by atoms with E-state index in [9.17, 15) is 29.7 Å². The van der Waals surface area contributed by atoms with Crippen LogP contribution in [0.5, 0.6) is 0 Å². The number of aliphatic carboxylic acids is 3. The van der Waals surface area contributed by atoms with Crippen LogP contribution in [0.3, 0.4) is 0 Å². The molecular formula is C23H37N5O6. The predicted molar refractivity (Wildman–Crippen MR) is 125 cm³/mol. The van der Waals surface area contributed by atoms with E-state index in [0.29, 0.717) is 44.1 Å². The van der Waals surface area contributed by atoms with Crippen LogP contribution in [0.25, 0.3) is 0 Å². The molecule has 1 aliphatic heterocycles. The summed E-state index contributed by atoms with van der Waals surface area (Å²) in [5.74, 6) is -2.92. The van der Waals surface area contributed by atoms with Crippen molar-refractivity contribution in [3.8, 4) is 0 Å². The fourth-order valence-electron chi connectivity index (χ4n) is 4.05. The lowest BCUT2D eigenvalue weighted by Crippen LogP contribution is -2.50. The van der Waals surface area contributed by atoms with Crippen molar-refractivity contribution >= 4 is 17.9 Å². The molecule has 5 N–H and O–H groups in total. The van der Waals surface area contributed by atoms with Crippen LogP contribution in [0.1, 0.15) is 44.1 Å². The first-order chi connectivity index (χ1) is 16.0. The van der Waals surface area contributed by atoms with Crippen LogP contribution >= 0.6 is 0 Å². The molecule has 1 aromatic heterocycles. The van der Waals surface area contributed by atoms with Crippen molar-refractivity contribution in [3.63, 3.8) is 0 Å². The van der Waals surface area contributed by atoms with Crippen LogP contribution < -0.4 is 5.73 Å². The molecule has 1 aliphatic rings. The number of aryl methyl sites for hydroxylation is 1. The number of hydrogen-bond donors (Lipinski definition) is 4. The Labute approximate surface area is 200 Å². The molecule has 11 heteroatoms. The Morgan fingerprint density at radius 3 is 1.59 bits per heavy atom. The normalized spacial score (nSPS) is 19.4. The van der Waals surface area contributed by atoms with Gasteiger partial charge in [0.05, 0.1) is 11.4 Å². The zero-order chi connectivity index (χ0) is 25.4. The number of nitrogens with two attached hydrogens (primary N) is 1. The van der Waals surface area contributed by atoms with Gasteiger partial charge in [-0.25, -0.2) is 0 Å². The Balaban J connectivity index is 2.49. The summed E-state index contributed by atoms with van der Waals surface area (Å²) in [6.45, 7) is 7.17. The highest BCUT2D eigenvalue weighted by Crippen LogP contribution is 2.17. The quantitative estimate of drug-likeness (QED) is 0.386. The summed E-state index contributed by atoms with van der Waals surface area (Å²) < 4.78 is 0. The van der Waals surface area contributed by atoms with Gasteiger partial charge in [-0.1, -0.05) is 0 Å². The fraction of sp³-hybridized carbons (Fsp3) is 0.652. The van der Waals surface area contributed by atoms with E-state index in [0.717, 1.165) is 18.4 Å². The summed E-state index contributed by atoms with van der Waals surface area (Å²) >= 11 is 0. The van der Waals surface area contributed by atoms with E-state index in [1.165, 1.54) is 0 Å². The van der Waals surface area contributed by atoms with Gasteiger partial charge in [0.15, 0.2) is 0 Å². The zero-order valence-electron chi connectivity index (χ0n) is 20.2. The molecular weight excluding hydrogens is 442 g/mol. The van der Waals surface area contributed by atoms with Crippen molar-refractivity contribution in [2.75, 3.05) is 32.7 Å². The third-order valence-corrected chi connectivity index (χ3v) is 6.46. The number of nitrogens with zero attached hydrogens (tertiary/aromatic N) is 4. The summed E-state index contributed by atoms with van der Waals surface area (Å²) in [7, 11) is 0. The third kappa shape index (κ3) is 7.73. The molecule has 2 heterocycles. The van der Waals surface area contributed by atoms with E-state index in [-0.39, 0.29) is 13.1 Å². The van der Waals surface area contributed by atoms with Crippen LogP contribution in [0, 0.1) is 0 Å². The second kappa shape index (κ2) is 12.7. The molecule has 0 fully saturated rings. The summed E-state index contributed by atoms with van der Waals surface area (Å²) in [5, 5.41) is 28.8. The van der Waals surface area contributed by atoms with Gasteiger partial charge in [-0.3, -0.25) is 34.1 Å². The average molecular weight is 480 g/mol. The van der Waals surface area contributed by atoms with Gasteiger partial charge in [0, 0.05) is 39.3 Å². The SMILES string of the molecule is CC(C(=O)O)N1CCN(C(C)C(=O)O)Cc2cc(CCCN)cc(n2)CN(C(C)C(=O)O)CC1. The average Bonchev–Trinajstić information content (AvgIpc) is 2.78. The molecule has 0 radical (unpaired) electrons. The van der Waals surface area contributed by atoms with E-state index >= 15 is 0 Å². The maximum absolute atomic E-state index is 11.8. The maximum atomic E-state index is 11.8. The molecule has 190 valence electrons. The number of hydrogen-bond acceptors (Lipinski definition) is 8. The number of carboxylic acids is 3. The van der Waals surface area contributed by atoms with Gasteiger partial charge in [0.25, 0.3) is 0 Å². The number of carboxylic acid groups (broad SMARTS) is 3. The maximum Gasteiger partial charge on any atom is 0.320 e. The molecule has 0 spiro atoms. The standard InChI is InChI=1S/C23H37N5O6/c1-15(21(29)30)26-7-9-27(16(2)22(31)32)13-19-11-18(5-4-6-24)12-20(25-19)14-28(10-8-26)17(3)23(33)34/h11-12,15-17H,4-10,13-14,24H2,1-3H3,(H,29,30)(H,31,32)(H,33,34). The molecule has 2 bridgehead atoms. The lowest BCUT2D eigenvalue weighted by atomic mass is 10.1. The van der Waals surface area contributed by atoms with E-state index in [4.69, 9.17) is 10.7 Å². The highest BCUT2D eigenvalue weighted by molar-refractivity contribution is 5.73. The lowest BCUT2D eigenvalue weighted by Gasteiger charge is -2.35. The minimum Gasteiger partial charge on any atom is -0.480 e. The van der Waals surface area contributed by atoms with Crippen LogP contribution in [-0.4, -0.2) is 104 Å². The zero-order valence-corrected chi connectivity index (χ0v) is 20.2. The second-order valence-corrected chi connectivity index (χ2v) is 8.87. The number of fused-ring (bicyclic) bond motifs is 2. The molecule has 1 aromatic rings. The Kier molecular flexibility index (Phi) is 10.4. The van der Waals surface area contributed by atoms with Gasteiger partial charge >= 0.3 is 17.9 Å². The molecule has 34 heavy (non-hydrogen) atoms. The third-order valence-electron chi connectivity index (χ3n) is 6.46. The molecule has 0 aliphatic carbocycles. The number of rotatable bonds is 9. The van der Waals surface area contributed by atoms with Crippen molar-refractivity contribution in [1.29, 1.82) is 0 Å². The topological polar surface area (TPSA) is 161 Å². The van der Waals surface area contributed by atoms with Crippen molar-refractivity contribution < 1.29 is 29.7 Å². The number of carbonyl (C=O) groups is 3. The van der Waals surface area contributed by atoms with Gasteiger partial charge < -0.3 is 21.1 Å². The summed E-state index contributed by atoms with van der Waals surface area (Å²) in [6.07, 6.45) is 1.53. The van der Waals surface area contributed by atoms with Crippen LogP contribution in [0.2, 0.25) is 0 Å². The highest BCUT2D eigenvalue weighted by atomic mass is 16.4. The van der Waals surface area contributed by atoms with E-state index < -0.39 is 36.0 Å². The van der Waals surface area contributed by atoms with Gasteiger partial charge in [-0.2, -0.15) is 0 Å². The molecule has 0 saturated carbocycles. The van der Waals surface area contributed by atoms with Crippen LogP contribution in [0.15, 0.2) is 12.1 Å². The number of pyridine rings is 1. The molecule has 0 saturated heterocycles. The summed E-state index contributed by atoms with van der Waals surface area (Å²) in [6, 6.07) is 1.51. The predicted octanol–water partition coefficient (Wildman–Crippen LogP) is 0.312. The first kappa shape index (κ1) is 27.6. The molecule has 3 unspecified atom stereocenters. The summed E-state index contributed by atoms with van der Waals surface area (Å²) in [5.41, 5.74) is 8.09. The fourth-order valence-corrected chi connectivity index (χ4v) is 4.05. The molecule has 0 aromatic carbocycles. The smallest absolute Gasteiger partial charge is 0.320 e. The molecule has 3 atom stereocenters. The molecule has 0 amide bonds. The monoisotopic (exact) mass is 479 g/mol. The van der Waals surface area contributed by atoms with Crippen molar-refractivity contribution in [2.24, 2.45) is 5.73 Å². The Morgan fingerprint density at radius 2 is 1.21 bits per heavy atom. The van der Waals surface area contributed by atoms with E-state index in [1.54, 1.807) is 35.5 Å². The van der Waals surface area contributed by atoms with Crippen molar-refractivity contribution in [3.05, 3.63) is 29.1 Å².